The van der Waals surface area contributed by atoms with Crippen molar-refractivity contribution in [2.75, 3.05) is 0 Å². The van der Waals surface area contributed by atoms with E-state index in [4.69, 9.17) is 22.6 Å². The smallest absolute Gasteiger partial charge is 0.0992 e. The van der Waals surface area contributed by atoms with Crippen LogP contribution in [0.25, 0.3) is 0 Å². The van der Waals surface area contributed by atoms with Gasteiger partial charge in [-0.15, -0.1) is 0 Å². The lowest BCUT2D eigenvalue weighted by Gasteiger charge is -2.13. The molecule has 2 N–H and O–H groups in total. The highest BCUT2D eigenvalue weighted by Gasteiger charge is 2.08. The second kappa shape index (κ2) is 5.26. The minimum absolute atomic E-state index is 0.0165. The van der Waals surface area contributed by atoms with Gasteiger partial charge in [0.25, 0.3) is 0 Å². The first kappa shape index (κ1) is 12.7. The summed E-state index contributed by atoms with van der Waals surface area (Å²) < 4.78 is 2.07. The molecule has 92 valence electrons. The Balaban J connectivity index is 2.29. The average Bonchev–Trinajstić information content (AvgIpc) is 2.80. The van der Waals surface area contributed by atoms with E-state index in [1.807, 2.05) is 31.3 Å². The topological polar surface area (TPSA) is 54.7 Å². The van der Waals surface area contributed by atoms with E-state index in [1.165, 1.54) is 0 Å². The van der Waals surface area contributed by atoms with Crippen molar-refractivity contribution in [1.82, 2.24) is 4.57 Å². The molecule has 0 aliphatic rings. The highest BCUT2D eigenvalue weighted by molar-refractivity contribution is 6.31. The first-order valence-corrected chi connectivity index (χ1v) is 6.08. The monoisotopic (exact) mass is 259 g/mol. The molecule has 2 rings (SSSR count). The molecule has 0 saturated carbocycles. The van der Waals surface area contributed by atoms with Crippen LogP contribution in [0.15, 0.2) is 36.5 Å². The maximum absolute atomic E-state index is 8.80. The van der Waals surface area contributed by atoms with E-state index >= 15 is 0 Å². The van der Waals surface area contributed by atoms with Crippen molar-refractivity contribution in [2.24, 2.45) is 5.73 Å². The fourth-order valence-electron chi connectivity index (χ4n) is 1.91. The SMILES string of the molecule is CC(N)c1cccn1Cc1ccc(C#N)cc1Cl. The van der Waals surface area contributed by atoms with Gasteiger partial charge in [0.15, 0.2) is 0 Å². The Bertz CT molecular complexity index is 593. The van der Waals surface area contributed by atoms with Gasteiger partial charge in [0.1, 0.15) is 0 Å². The zero-order chi connectivity index (χ0) is 13.1. The molecule has 1 heterocycles. The number of halogens is 1. The summed E-state index contributed by atoms with van der Waals surface area (Å²) in [6, 6.07) is 11.4. The quantitative estimate of drug-likeness (QED) is 0.921. The highest BCUT2D eigenvalue weighted by atomic mass is 35.5. The lowest BCUT2D eigenvalue weighted by molar-refractivity contribution is 0.675. The van der Waals surface area contributed by atoms with Gasteiger partial charge in [-0.25, -0.2) is 0 Å². The van der Waals surface area contributed by atoms with Crippen molar-refractivity contribution in [3.05, 3.63) is 58.4 Å². The Kier molecular flexibility index (Phi) is 3.71. The molecule has 4 heteroatoms. The van der Waals surface area contributed by atoms with Crippen molar-refractivity contribution in [1.29, 1.82) is 5.26 Å². The van der Waals surface area contributed by atoms with Gasteiger partial charge >= 0.3 is 0 Å². The predicted octanol–water partition coefficient (Wildman–Crippen LogP) is 3.08. The van der Waals surface area contributed by atoms with Crippen LogP contribution in [0.5, 0.6) is 0 Å². The molecule has 1 aromatic heterocycles. The number of nitrogens with zero attached hydrogens (tertiary/aromatic N) is 2. The van der Waals surface area contributed by atoms with Crippen LogP contribution in [-0.4, -0.2) is 4.57 Å². The van der Waals surface area contributed by atoms with Crippen molar-refractivity contribution in [3.8, 4) is 6.07 Å². The zero-order valence-electron chi connectivity index (χ0n) is 10.1. The number of nitrogens with two attached hydrogens (primary N) is 1. The Labute approximate surface area is 111 Å². The first-order chi connectivity index (χ1) is 8.61. The minimum atomic E-state index is -0.0165. The van der Waals surface area contributed by atoms with Crippen LogP contribution in [-0.2, 0) is 6.54 Å². The van der Waals surface area contributed by atoms with Crippen LogP contribution in [0.1, 0.15) is 29.8 Å². The van der Waals surface area contributed by atoms with E-state index in [0.29, 0.717) is 17.1 Å². The van der Waals surface area contributed by atoms with Gasteiger partial charge in [0.2, 0.25) is 0 Å². The van der Waals surface area contributed by atoms with Crippen LogP contribution in [0, 0.1) is 11.3 Å². The van der Waals surface area contributed by atoms with Gasteiger partial charge < -0.3 is 10.3 Å². The summed E-state index contributed by atoms with van der Waals surface area (Å²) in [6.07, 6.45) is 1.98. The van der Waals surface area contributed by atoms with E-state index in [-0.39, 0.29) is 6.04 Å². The highest BCUT2D eigenvalue weighted by Crippen LogP contribution is 2.20. The average molecular weight is 260 g/mol. The maximum atomic E-state index is 8.80. The van der Waals surface area contributed by atoms with Crippen LogP contribution >= 0.6 is 11.6 Å². The molecule has 1 unspecified atom stereocenters. The van der Waals surface area contributed by atoms with Gasteiger partial charge in [-0.05, 0) is 36.8 Å². The van der Waals surface area contributed by atoms with Crippen molar-refractivity contribution in [2.45, 2.75) is 19.5 Å². The molecule has 1 aromatic carbocycles. The van der Waals surface area contributed by atoms with Crippen LogP contribution in [0.2, 0.25) is 5.02 Å². The summed E-state index contributed by atoms with van der Waals surface area (Å²) in [5.41, 5.74) is 8.52. The molecule has 0 aliphatic carbocycles. The number of hydrogen-bond acceptors (Lipinski definition) is 2. The molecular weight excluding hydrogens is 246 g/mol. The normalized spacial score (nSPS) is 12.1. The molecule has 0 amide bonds. The van der Waals surface area contributed by atoms with Crippen LogP contribution < -0.4 is 5.73 Å². The Morgan fingerprint density at radius 3 is 2.83 bits per heavy atom. The molecule has 0 bridgehead atoms. The molecule has 2 aromatic rings. The molecule has 0 spiro atoms. The molecule has 18 heavy (non-hydrogen) atoms. The van der Waals surface area contributed by atoms with Crippen molar-refractivity contribution < 1.29 is 0 Å². The summed E-state index contributed by atoms with van der Waals surface area (Å²) >= 11 is 6.16. The first-order valence-electron chi connectivity index (χ1n) is 5.71. The van der Waals surface area contributed by atoms with Gasteiger partial charge in [-0.3, -0.25) is 0 Å². The summed E-state index contributed by atoms with van der Waals surface area (Å²) in [4.78, 5) is 0. The molecule has 0 aliphatic heterocycles. The molecule has 0 radical (unpaired) electrons. The van der Waals surface area contributed by atoms with Crippen molar-refractivity contribution >= 4 is 11.6 Å². The number of hydrogen-bond donors (Lipinski definition) is 1. The predicted molar refractivity (Wildman–Crippen MR) is 72.3 cm³/mol. The van der Waals surface area contributed by atoms with Gasteiger partial charge in [0.05, 0.1) is 11.6 Å². The third-order valence-electron chi connectivity index (χ3n) is 2.85. The van der Waals surface area contributed by atoms with Gasteiger partial charge in [0, 0.05) is 29.5 Å². The largest absolute Gasteiger partial charge is 0.346 e. The maximum Gasteiger partial charge on any atom is 0.0992 e. The third kappa shape index (κ3) is 2.56. The fraction of sp³-hybridized carbons (Fsp3) is 0.214. The Morgan fingerprint density at radius 1 is 1.44 bits per heavy atom. The molecule has 0 fully saturated rings. The van der Waals surface area contributed by atoms with Gasteiger partial charge in [-0.2, -0.15) is 5.26 Å². The lowest BCUT2D eigenvalue weighted by Crippen LogP contribution is -2.12. The van der Waals surface area contributed by atoms with E-state index < -0.39 is 0 Å². The van der Waals surface area contributed by atoms with Crippen LogP contribution in [0.3, 0.4) is 0 Å². The van der Waals surface area contributed by atoms with E-state index in [9.17, 15) is 0 Å². The summed E-state index contributed by atoms with van der Waals surface area (Å²) in [6.45, 7) is 2.61. The zero-order valence-corrected chi connectivity index (χ0v) is 10.9. The lowest BCUT2D eigenvalue weighted by atomic mass is 10.1. The van der Waals surface area contributed by atoms with E-state index in [1.54, 1.807) is 12.1 Å². The van der Waals surface area contributed by atoms with Crippen LogP contribution in [0.4, 0.5) is 0 Å². The summed E-state index contributed by atoms with van der Waals surface area (Å²) in [5, 5.41) is 9.41. The summed E-state index contributed by atoms with van der Waals surface area (Å²) in [7, 11) is 0. The molecule has 3 nitrogen and oxygen atoms in total. The third-order valence-corrected chi connectivity index (χ3v) is 3.21. The Morgan fingerprint density at radius 2 is 2.22 bits per heavy atom. The molecular formula is C14H14ClN3. The van der Waals surface area contributed by atoms with E-state index in [0.717, 1.165) is 11.3 Å². The second-order valence-electron chi connectivity index (χ2n) is 4.27. The fourth-order valence-corrected chi connectivity index (χ4v) is 2.15. The van der Waals surface area contributed by atoms with Gasteiger partial charge in [-0.1, -0.05) is 17.7 Å². The minimum Gasteiger partial charge on any atom is -0.346 e. The number of rotatable bonds is 3. The summed E-state index contributed by atoms with van der Waals surface area (Å²) in [5.74, 6) is 0. The number of nitriles is 1. The number of aromatic nitrogens is 1. The van der Waals surface area contributed by atoms with E-state index in [2.05, 4.69) is 10.6 Å². The second-order valence-corrected chi connectivity index (χ2v) is 4.67. The number of benzene rings is 1. The Hall–Kier alpha value is -1.76. The molecule has 1 atom stereocenters. The molecule has 0 saturated heterocycles. The standard InChI is InChI=1S/C14H14ClN3/c1-10(17)14-3-2-6-18(14)9-12-5-4-11(8-16)7-13(12)15/h2-7,10H,9,17H2,1H3. The van der Waals surface area contributed by atoms with Crippen molar-refractivity contribution in [3.63, 3.8) is 0 Å².